The van der Waals surface area contributed by atoms with Crippen LogP contribution < -0.4 is 0 Å². The number of rotatable bonds is 0. The highest BCUT2D eigenvalue weighted by Crippen LogP contribution is 2.42. The number of nitrogens with zero attached hydrogens (tertiary/aromatic N) is 1. The molecule has 2 nitrogen and oxygen atoms in total. The first-order chi connectivity index (χ1) is 5.84. The lowest BCUT2D eigenvalue weighted by atomic mass is 9.79. The number of amides is 1. The normalized spacial score (nSPS) is 45.2. The van der Waals surface area contributed by atoms with E-state index in [-0.39, 0.29) is 0 Å². The van der Waals surface area contributed by atoms with Crippen LogP contribution in [0.4, 0.5) is 0 Å². The molecule has 1 atom stereocenters. The first-order valence-corrected chi connectivity index (χ1v) is 5.14. The summed E-state index contributed by atoms with van der Waals surface area (Å²) in [5.41, 5.74) is 0. The van der Waals surface area contributed by atoms with Gasteiger partial charge in [-0.25, -0.2) is 0 Å². The van der Waals surface area contributed by atoms with Crippen molar-refractivity contribution < 1.29 is 4.79 Å². The quantitative estimate of drug-likeness (QED) is 0.497. The third-order valence-electron chi connectivity index (χ3n) is 3.99. The van der Waals surface area contributed by atoms with E-state index in [0.717, 1.165) is 24.8 Å². The second-order valence-corrected chi connectivity index (χ2v) is 4.60. The second-order valence-electron chi connectivity index (χ2n) is 4.60. The molecule has 4 rings (SSSR count). The van der Waals surface area contributed by atoms with Crippen molar-refractivity contribution >= 4 is 5.91 Å². The van der Waals surface area contributed by atoms with Crippen molar-refractivity contribution in [2.75, 3.05) is 6.54 Å². The SMILES string of the molecule is O=C1CC2C3CCC(CC3)CN12. The van der Waals surface area contributed by atoms with E-state index in [1.54, 1.807) is 0 Å². The van der Waals surface area contributed by atoms with E-state index in [0.29, 0.717) is 11.9 Å². The zero-order chi connectivity index (χ0) is 8.13. The standard InChI is InChI=1S/C10H15NO/c12-10-5-9-8-3-1-7(2-4-8)6-11(9)10/h7-9H,1-6H2. The van der Waals surface area contributed by atoms with Gasteiger partial charge in [0.2, 0.25) is 5.91 Å². The molecule has 1 amide bonds. The van der Waals surface area contributed by atoms with Crippen LogP contribution in [-0.4, -0.2) is 23.4 Å². The molecule has 66 valence electrons. The zero-order valence-electron chi connectivity index (χ0n) is 7.33. The van der Waals surface area contributed by atoms with E-state index in [1.807, 2.05) is 0 Å². The number of hydrogen-bond acceptors (Lipinski definition) is 1. The van der Waals surface area contributed by atoms with E-state index in [4.69, 9.17) is 0 Å². The Bertz CT molecular complexity index is 218. The molecule has 0 N–H and O–H groups in total. The number of hydrogen-bond donors (Lipinski definition) is 0. The number of carbonyl (C=O) groups excluding carboxylic acids is 1. The molecule has 2 heteroatoms. The highest BCUT2D eigenvalue weighted by Gasteiger charge is 2.46. The van der Waals surface area contributed by atoms with Crippen molar-refractivity contribution in [3.05, 3.63) is 0 Å². The summed E-state index contributed by atoms with van der Waals surface area (Å²) in [6.07, 6.45) is 6.39. The Labute approximate surface area is 72.9 Å². The minimum Gasteiger partial charge on any atom is -0.339 e. The van der Waals surface area contributed by atoms with E-state index in [2.05, 4.69) is 4.90 Å². The first kappa shape index (κ1) is 6.93. The second kappa shape index (κ2) is 2.24. The molecule has 0 aromatic rings. The predicted molar refractivity (Wildman–Crippen MR) is 45.6 cm³/mol. The maximum Gasteiger partial charge on any atom is 0.224 e. The number of fused-ring (bicyclic) bond motifs is 2. The van der Waals surface area contributed by atoms with Crippen LogP contribution in [-0.2, 0) is 4.79 Å². The van der Waals surface area contributed by atoms with E-state index in [9.17, 15) is 4.79 Å². The number of carbonyl (C=O) groups is 1. The molecule has 2 bridgehead atoms. The summed E-state index contributed by atoms with van der Waals surface area (Å²) in [6, 6.07) is 0.657. The van der Waals surface area contributed by atoms with Crippen LogP contribution in [0, 0.1) is 11.8 Å². The molecule has 12 heavy (non-hydrogen) atoms. The Kier molecular flexibility index (Phi) is 1.29. The van der Waals surface area contributed by atoms with Gasteiger partial charge in [-0.3, -0.25) is 4.79 Å². The molecule has 3 saturated heterocycles. The summed E-state index contributed by atoms with van der Waals surface area (Å²) in [5, 5.41) is 0. The first-order valence-electron chi connectivity index (χ1n) is 5.14. The molecule has 0 aromatic carbocycles. The van der Waals surface area contributed by atoms with Crippen molar-refractivity contribution in [3.8, 4) is 0 Å². The lowest BCUT2D eigenvalue weighted by Crippen LogP contribution is -2.54. The highest BCUT2D eigenvalue weighted by molar-refractivity contribution is 5.83. The molecule has 0 spiro atoms. The zero-order valence-corrected chi connectivity index (χ0v) is 7.33. The van der Waals surface area contributed by atoms with Gasteiger partial charge in [0.15, 0.2) is 0 Å². The topological polar surface area (TPSA) is 20.3 Å². The van der Waals surface area contributed by atoms with Gasteiger partial charge in [-0.05, 0) is 37.5 Å². The Morgan fingerprint density at radius 1 is 1.17 bits per heavy atom. The summed E-state index contributed by atoms with van der Waals surface area (Å²) in [4.78, 5) is 13.4. The predicted octanol–water partition coefficient (Wildman–Crippen LogP) is 1.41. The monoisotopic (exact) mass is 165 g/mol. The van der Waals surface area contributed by atoms with Crippen LogP contribution >= 0.6 is 0 Å². The summed E-state index contributed by atoms with van der Waals surface area (Å²) >= 11 is 0. The summed E-state index contributed by atoms with van der Waals surface area (Å²) in [6.45, 7) is 1.08. The van der Waals surface area contributed by atoms with E-state index >= 15 is 0 Å². The van der Waals surface area contributed by atoms with Crippen LogP contribution in [0.2, 0.25) is 0 Å². The minimum absolute atomic E-state index is 0.416. The molecule has 1 unspecified atom stereocenters. The Hall–Kier alpha value is -0.530. The number of β-lactam (4-membered cyclic amide) rings is 1. The Morgan fingerprint density at radius 3 is 2.58 bits per heavy atom. The molecule has 4 aliphatic rings. The average Bonchev–Trinajstić information content (AvgIpc) is 2.32. The minimum atomic E-state index is 0.416. The van der Waals surface area contributed by atoms with Gasteiger partial charge in [-0.1, -0.05) is 0 Å². The van der Waals surface area contributed by atoms with Crippen LogP contribution in [0.1, 0.15) is 32.1 Å². The van der Waals surface area contributed by atoms with E-state index < -0.39 is 0 Å². The van der Waals surface area contributed by atoms with Crippen LogP contribution in [0.5, 0.6) is 0 Å². The maximum absolute atomic E-state index is 11.3. The van der Waals surface area contributed by atoms with Crippen LogP contribution in [0.15, 0.2) is 0 Å². The summed E-state index contributed by atoms with van der Waals surface area (Å²) < 4.78 is 0. The van der Waals surface area contributed by atoms with Gasteiger partial charge in [0, 0.05) is 19.0 Å². The van der Waals surface area contributed by atoms with Gasteiger partial charge >= 0.3 is 0 Å². The molecule has 0 radical (unpaired) electrons. The van der Waals surface area contributed by atoms with Crippen molar-refractivity contribution in [1.29, 1.82) is 0 Å². The van der Waals surface area contributed by atoms with Crippen molar-refractivity contribution in [3.63, 3.8) is 0 Å². The fourth-order valence-electron chi connectivity index (χ4n) is 3.17. The Balaban J connectivity index is 1.88. The van der Waals surface area contributed by atoms with Crippen molar-refractivity contribution in [2.45, 2.75) is 38.1 Å². The third kappa shape index (κ3) is 0.782. The van der Waals surface area contributed by atoms with Crippen LogP contribution in [0.3, 0.4) is 0 Å². The molecular weight excluding hydrogens is 150 g/mol. The Morgan fingerprint density at radius 2 is 1.92 bits per heavy atom. The van der Waals surface area contributed by atoms with Crippen LogP contribution in [0.25, 0.3) is 0 Å². The van der Waals surface area contributed by atoms with E-state index in [1.165, 1.54) is 25.7 Å². The largest absolute Gasteiger partial charge is 0.339 e. The molecule has 4 fully saturated rings. The lowest BCUT2D eigenvalue weighted by molar-refractivity contribution is -0.147. The van der Waals surface area contributed by atoms with Gasteiger partial charge in [0.25, 0.3) is 0 Å². The average molecular weight is 165 g/mol. The van der Waals surface area contributed by atoms with Crippen molar-refractivity contribution in [2.24, 2.45) is 11.8 Å². The van der Waals surface area contributed by atoms with Gasteiger partial charge in [0.1, 0.15) is 0 Å². The highest BCUT2D eigenvalue weighted by atomic mass is 16.2. The van der Waals surface area contributed by atoms with Gasteiger partial charge < -0.3 is 4.90 Å². The third-order valence-corrected chi connectivity index (χ3v) is 3.99. The molecule has 3 aliphatic heterocycles. The molecule has 0 aromatic heterocycles. The fraction of sp³-hybridized carbons (Fsp3) is 0.900. The molecular formula is C10H15NO. The summed E-state index contributed by atoms with van der Waals surface area (Å²) in [7, 11) is 0. The molecule has 3 heterocycles. The molecule has 1 saturated carbocycles. The van der Waals surface area contributed by atoms with Gasteiger partial charge in [-0.2, -0.15) is 0 Å². The molecule has 1 aliphatic carbocycles. The lowest BCUT2D eigenvalue weighted by Gasteiger charge is -2.42. The smallest absolute Gasteiger partial charge is 0.224 e. The summed E-state index contributed by atoms with van der Waals surface area (Å²) in [5.74, 6) is 2.12. The van der Waals surface area contributed by atoms with Gasteiger partial charge in [0.05, 0.1) is 0 Å². The van der Waals surface area contributed by atoms with Gasteiger partial charge in [-0.15, -0.1) is 0 Å². The van der Waals surface area contributed by atoms with Crippen molar-refractivity contribution in [1.82, 2.24) is 4.90 Å². The fourth-order valence-corrected chi connectivity index (χ4v) is 3.17. The maximum atomic E-state index is 11.3.